The maximum absolute atomic E-state index is 11.5. The summed E-state index contributed by atoms with van der Waals surface area (Å²) in [5, 5.41) is 0. The van der Waals surface area contributed by atoms with E-state index in [1.54, 1.807) is 41.5 Å². The summed E-state index contributed by atoms with van der Waals surface area (Å²) in [4.78, 5) is 23.1. The molecule has 0 spiro atoms. The van der Waals surface area contributed by atoms with Crippen molar-refractivity contribution in [2.45, 2.75) is 59.2 Å². The largest absolute Gasteiger partial charge is 0.456 e. The third-order valence-corrected chi connectivity index (χ3v) is 2.29. The Morgan fingerprint density at radius 1 is 0.842 bits per heavy atom. The van der Waals surface area contributed by atoms with E-state index in [2.05, 4.69) is 13.2 Å². The van der Waals surface area contributed by atoms with Crippen molar-refractivity contribution in [3.8, 4) is 0 Å². The predicted octanol–water partition coefficient (Wildman–Crippen LogP) is 3.17. The van der Waals surface area contributed by atoms with Crippen molar-refractivity contribution in [2.24, 2.45) is 0 Å². The lowest BCUT2D eigenvalue weighted by atomic mass is 9.92. The molecule has 0 aromatic rings. The summed E-state index contributed by atoms with van der Waals surface area (Å²) in [6.07, 6.45) is 0.373. The van der Waals surface area contributed by atoms with Crippen LogP contribution < -0.4 is 0 Å². The fourth-order valence-corrected chi connectivity index (χ4v) is 1.77. The summed E-state index contributed by atoms with van der Waals surface area (Å²) in [6.45, 7) is 17.3. The fraction of sp³-hybridized carbons (Fsp3) is 0.600. The Balaban J connectivity index is 4.71. The molecule has 0 aromatic carbocycles. The summed E-state index contributed by atoms with van der Waals surface area (Å²) in [5.74, 6) is -0.904. The van der Waals surface area contributed by atoms with E-state index in [9.17, 15) is 9.59 Å². The van der Waals surface area contributed by atoms with E-state index in [0.717, 1.165) is 0 Å². The molecule has 0 aliphatic carbocycles. The molecule has 108 valence electrons. The molecule has 0 bridgehead atoms. The maximum Gasteiger partial charge on any atom is 0.333 e. The van der Waals surface area contributed by atoms with Gasteiger partial charge in [0, 0.05) is 17.6 Å². The Labute approximate surface area is 115 Å². The van der Waals surface area contributed by atoms with Gasteiger partial charge in [0.25, 0.3) is 0 Å². The van der Waals surface area contributed by atoms with Crippen LogP contribution in [0.4, 0.5) is 0 Å². The average molecular weight is 268 g/mol. The van der Waals surface area contributed by atoms with Gasteiger partial charge in [-0.1, -0.05) is 13.2 Å². The molecule has 0 aromatic heterocycles. The van der Waals surface area contributed by atoms with E-state index in [1.165, 1.54) is 0 Å². The van der Waals surface area contributed by atoms with Crippen LogP contribution in [-0.2, 0) is 19.1 Å². The van der Waals surface area contributed by atoms with E-state index >= 15 is 0 Å². The minimum absolute atomic E-state index is 0.338. The summed E-state index contributed by atoms with van der Waals surface area (Å²) >= 11 is 0. The van der Waals surface area contributed by atoms with E-state index < -0.39 is 23.1 Å². The molecule has 0 saturated carbocycles. The molecule has 0 aliphatic heterocycles. The zero-order valence-electron chi connectivity index (χ0n) is 12.8. The monoisotopic (exact) mass is 268 g/mol. The lowest BCUT2D eigenvalue weighted by Crippen LogP contribution is -2.40. The Morgan fingerprint density at radius 2 is 1.11 bits per heavy atom. The third kappa shape index (κ3) is 6.79. The van der Waals surface area contributed by atoms with Crippen molar-refractivity contribution in [3.05, 3.63) is 24.3 Å². The summed E-state index contributed by atoms with van der Waals surface area (Å²) < 4.78 is 10.6. The normalized spacial score (nSPS) is 11.7. The smallest absolute Gasteiger partial charge is 0.333 e. The summed E-state index contributed by atoms with van der Waals surface area (Å²) in [7, 11) is 0. The molecule has 0 saturated heterocycles. The van der Waals surface area contributed by atoms with Gasteiger partial charge in [-0.2, -0.15) is 0 Å². The Morgan fingerprint density at radius 3 is 1.32 bits per heavy atom. The minimum atomic E-state index is -0.755. The number of hydrogen-bond acceptors (Lipinski definition) is 4. The third-order valence-electron chi connectivity index (χ3n) is 2.29. The molecule has 4 nitrogen and oxygen atoms in total. The second-order valence-corrected chi connectivity index (χ2v) is 6.04. The van der Waals surface area contributed by atoms with E-state index in [1.807, 2.05) is 0 Å². The van der Waals surface area contributed by atoms with Crippen molar-refractivity contribution < 1.29 is 19.1 Å². The molecule has 0 unspecified atom stereocenters. The number of esters is 2. The van der Waals surface area contributed by atoms with Crippen LogP contribution in [0.3, 0.4) is 0 Å². The van der Waals surface area contributed by atoms with Gasteiger partial charge in [0.2, 0.25) is 0 Å². The SMILES string of the molecule is C=C(C)C(=O)OC(C)(C)CC(C)(C)OC(=O)C(=C)C. The first-order valence-corrected chi connectivity index (χ1v) is 6.14. The number of carbonyl (C=O) groups excluding carboxylic acids is 2. The average Bonchev–Trinajstić information content (AvgIpc) is 2.13. The molecular formula is C15H24O4. The minimum Gasteiger partial charge on any atom is -0.456 e. The quantitative estimate of drug-likeness (QED) is 0.548. The highest BCUT2D eigenvalue weighted by Crippen LogP contribution is 2.27. The van der Waals surface area contributed by atoms with Crippen LogP contribution in [-0.4, -0.2) is 23.1 Å². The highest BCUT2D eigenvalue weighted by atomic mass is 16.6. The van der Waals surface area contributed by atoms with Gasteiger partial charge in [-0.15, -0.1) is 0 Å². The van der Waals surface area contributed by atoms with Crippen LogP contribution in [0.1, 0.15) is 48.0 Å². The summed E-state index contributed by atoms with van der Waals surface area (Å²) in [6, 6.07) is 0. The second-order valence-electron chi connectivity index (χ2n) is 6.04. The van der Waals surface area contributed by atoms with Gasteiger partial charge in [-0.05, 0) is 41.5 Å². The first kappa shape index (κ1) is 17.4. The van der Waals surface area contributed by atoms with Crippen molar-refractivity contribution in [3.63, 3.8) is 0 Å². The molecule has 0 rings (SSSR count). The lowest BCUT2D eigenvalue weighted by molar-refractivity contribution is -0.165. The van der Waals surface area contributed by atoms with E-state index in [4.69, 9.17) is 9.47 Å². The van der Waals surface area contributed by atoms with Gasteiger partial charge < -0.3 is 9.47 Å². The Bertz CT molecular complexity index is 364. The van der Waals surface area contributed by atoms with Crippen LogP contribution in [0, 0.1) is 0 Å². The molecule has 0 heterocycles. The molecule has 4 heteroatoms. The van der Waals surface area contributed by atoms with E-state index in [0.29, 0.717) is 17.6 Å². The molecule has 0 aliphatic rings. The van der Waals surface area contributed by atoms with Gasteiger partial charge >= 0.3 is 11.9 Å². The maximum atomic E-state index is 11.5. The Hall–Kier alpha value is -1.58. The van der Waals surface area contributed by atoms with Crippen LogP contribution in [0.25, 0.3) is 0 Å². The van der Waals surface area contributed by atoms with Crippen molar-refractivity contribution >= 4 is 11.9 Å². The predicted molar refractivity (Wildman–Crippen MR) is 74.6 cm³/mol. The zero-order valence-corrected chi connectivity index (χ0v) is 12.8. The number of hydrogen-bond donors (Lipinski definition) is 0. The summed E-state index contributed by atoms with van der Waals surface area (Å²) in [5.41, 5.74) is -0.835. The molecule has 19 heavy (non-hydrogen) atoms. The molecular weight excluding hydrogens is 244 g/mol. The first-order valence-electron chi connectivity index (χ1n) is 6.14. The van der Waals surface area contributed by atoms with Gasteiger partial charge in [0.15, 0.2) is 0 Å². The molecule has 0 amide bonds. The lowest BCUT2D eigenvalue weighted by Gasteiger charge is -2.34. The zero-order chi connectivity index (χ0) is 15.4. The van der Waals surface area contributed by atoms with Crippen molar-refractivity contribution in [1.29, 1.82) is 0 Å². The highest BCUT2D eigenvalue weighted by Gasteiger charge is 2.34. The molecule has 0 atom stereocenters. The van der Waals surface area contributed by atoms with Gasteiger partial charge in [0.1, 0.15) is 11.2 Å². The number of rotatable bonds is 6. The van der Waals surface area contributed by atoms with Crippen LogP contribution in [0.15, 0.2) is 24.3 Å². The highest BCUT2D eigenvalue weighted by molar-refractivity contribution is 5.87. The van der Waals surface area contributed by atoms with Gasteiger partial charge in [0.05, 0.1) is 0 Å². The van der Waals surface area contributed by atoms with Crippen LogP contribution in [0.5, 0.6) is 0 Å². The first-order chi connectivity index (χ1) is 8.36. The molecule has 0 fully saturated rings. The van der Waals surface area contributed by atoms with Gasteiger partial charge in [-0.25, -0.2) is 9.59 Å². The number of ether oxygens (including phenoxy) is 2. The molecule has 0 radical (unpaired) electrons. The molecule has 0 N–H and O–H groups in total. The standard InChI is InChI=1S/C15H24O4/c1-10(2)12(16)18-14(5,6)9-15(7,8)19-13(17)11(3)4/h1,3,9H2,2,4-8H3. The van der Waals surface area contributed by atoms with Crippen molar-refractivity contribution in [1.82, 2.24) is 0 Å². The number of carbonyl (C=O) groups is 2. The van der Waals surface area contributed by atoms with E-state index in [-0.39, 0.29) is 0 Å². The fourth-order valence-electron chi connectivity index (χ4n) is 1.77. The second kappa shape index (κ2) is 6.04. The van der Waals surface area contributed by atoms with Crippen molar-refractivity contribution in [2.75, 3.05) is 0 Å². The van der Waals surface area contributed by atoms with Gasteiger partial charge in [-0.3, -0.25) is 0 Å². The Kier molecular flexibility index (Phi) is 5.54. The van der Waals surface area contributed by atoms with Crippen LogP contribution >= 0.6 is 0 Å². The topological polar surface area (TPSA) is 52.6 Å². The van der Waals surface area contributed by atoms with Crippen LogP contribution in [0.2, 0.25) is 0 Å².